The van der Waals surface area contributed by atoms with Crippen LogP contribution in [0.4, 0.5) is 0 Å². The van der Waals surface area contributed by atoms with Gasteiger partial charge in [-0.25, -0.2) is 22.9 Å². The normalized spacial score (nSPS) is 12.1. The number of hydrogen-bond acceptors (Lipinski definition) is 6. The average molecular weight is 337 g/mol. The van der Waals surface area contributed by atoms with Gasteiger partial charge in [0.05, 0.1) is 16.6 Å². The zero-order valence-corrected chi connectivity index (χ0v) is 13.4. The molecule has 0 saturated carbocycles. The number of fused-ring (bicyclic) bond motifs is 1. The second-order valence-electron chi connectivity index (χ2n) is 5.07. The number of aryl methyl sites for hydroxylation is 2. The van der Waals surface area contributed by atoms with Gasteiger partial charge in [0.2, 0.25) is 10.0 Å². The maximum Gasteiger partial charge on any atom is 0.419 e. The Labute approximate surface area is 131 Å². The van der Waals surface area contributed by atoms with Crippen LogP contribution in [0.5, 0.6) is 0 Å². The van der Waals surface area contributed by atoms with Crippen LogP contribution < -0.4 is 10.5 Å². The summed E-state index contributed by atoms with van der Waals surface area (Å²) in [7, 11) is -2.15. The van der Waals surface area contributed by atoms with Crippen LogP contribution in [0, 0.1) is 6.92 Å². The minimum atomic E-state index is -3.71. The third-order valence-corrected chi connectivity index (χ3v) is 4.83. The van der Waals surface area contributed by atoms with E-state index < -0.39 is 15.8 Å². The minimum absolute atomic E-state index is 0.0305. The highest BCUT2D eigenvalue weighted by Crippen LogP contribution is 2.17. The lowest BCUT2D eigenvalue weighted by atomic mass is 10.3. The van der Waals surface area contributed by atoms with Gasteiger partial charge in [-0.15, -0.1) is 0 Å². The van der Waals surface area contributed by atoms with Crippen LogP contribution in [-0.2, 0) is 23.5 Å². The van der Waals surface area contributed by atoms with Crippen LogP contribution in [0.3, 0.4) is 0 Å². The van der Waals surface area contributed by atoms with Crippen LogP contribution in [0.1, 0.15) is 11.7 Å². The first kappa shape index (κ1) is 15.5. The predicted octanol–water partition coefficient (Wildman–Crippen LogP) is 0.949. The summed E-state index contributed by atoms with van der Waals surface area (Å²) in [5.74, 6) is 0.601. The second kappa shape index (κ2) is 5.67. The topological polar surface area (TPSA) is 107 Å². The Morgan fingerprint density at radius 3 is 2.78 bits per heavy atom. The van der Waals surface area contributed by atoms with Gasteiger partial charge < -0.3 is 8.83 Å². The highest BCUT2D eigenvalue weighted by Gasteiger charge is 2.16. The Morgan fingerprint density at radius 2 is 2.09 bits per heavy atom. The molecule has 3 aromatic rings. The summed E-state index contributed by atoms with van der Waals surface area (Å²) in [5.41, 5.74) is 0.757. The largest absolute Gasteiger partial charge is 0.446 e. The van der Waals surface area contributed by atoms with Crippen molar-refractivity contribution >= 4 is 21.1 Å². The van der Waals surface area contributed by atoms with Crippen molar-refractivity contribution in [1.29, 1.82) is 0 Å². The van der Waals surface area contributed by atoms with E-state index in [1.165, 1.54) is 22.8 Å². The molecular weight excluding hydrogens is 322 g/mol. The van der Waals surface area contributed by atoms with Gasteiger partial charge in [0.1, 0.15) is 5.76 Å². The van der Waals surface area contributed by atoms with Crippen LogP contribution >= 0.6 is 0 Å². The summed E-state index contributed by atoms with van der Waals surface area (Å²) in [6.07, 6.45) is 1.92. The summed E-state index contributed by atoms with van der Waals surface area (Å²) < 4.78 is 38.6. The lowest BCUT2D eigenvalue weighted by Gasteiger charge is -2.05. The zero-order valence-electron chi connectivity index (χ0n) is 12.6. The molecule has 1 aromatic carbocycles. The molecule has 0 unspecified atom stereocenters. The third-order valence-electron chi connectivity index (χ3n) is 3.37. The van der Waals surface area contributed by atoms with Crippen molar-refractivity contribution in [2.45, 2.75) is 18.2 Å². The van der Waals surface area contributed by atoms with Gasteiger partial charge in [0, 0.05) is 26.1 Å². The number of nitrogens with zero attached hydrogens (tertiary/aromatic N) is 2. The number of rotatable bonds is 5. The van der Waals surface area contributed by atoms with Crippen molar-refractivity contribution in [3.63, 3.8) is 0 Å². The first-order chi connectivity index (χ1) is 10.9. The molecule has 23 heavy (non-hydrogen) atoms. The maximum absolute atomic E-state index is 12.3. The van der Waals surface area contributed by atoms with E-state index in [0.29, 0.717) is 23.6 Å². The van der Waals surface area contributed by atoms with Crippen molar-refractivity contribution in [1.82, 2.24) is 14.3 Å². The molecule has 0 fully saturated rings. The van der Waals surface area contributed by atoms with E-state index in [4.69, 9.17) is 8.83 Å². The van der Waals surface area contributed by atoms with Gasteiger partial charge in [-0.2, -0.15) is 0 Å². The summed E-state index contributed by atoms with van der Waals surface area (Å²) in [6, 6.07) is 4.29. The number of sulfonamides is 1. The van der Waals surface area contributed by atoms with Gasteiger partial charge >= 0.3 is 5.76 Å². The summed E-state index contributed by atoms with van der Waals surface area (Å²) in [6.45, 7) is 1.92. The van der Waals surface area contributed by atoms with Crippen LogP contribution in [0.2, 0.25) is 0 Å². The molecule has 0 radical (unpaired) electrons. The SMILES string of the molecule is Cc1cnc(CCNS(=O)(=O)c2ccc3c(c2)oc(=O)n3C)o1. The van der Waals surface area contributed by atoms with E-state index >= 15 is 0 Å². The Hall–Kier alpha value is -2.39. The number of benzene rings is 1. The number of hydrogen-bond donors (Lipinski definition) is 1. The lowest BCUT2D eigenvalue weighted by molar-refractivity contribution is 0.469. The molecule has 2 heterocycles. The summed E-state index contributed by atoms with van der Waals surface area (Å²) in [4.78, 5) is 15.5. The summed E-state index contributed by atoms with van der Waals surface area (Å²) >= 11 is 0. The highest BCUT2D eigenvalue weighted by atomic mass is 32.2. The van der Waals surface area contributed by atoms with E-state index in [9.17, 15) is 13.2 Å². The molecule has 8 nitrogen and oxygen atoms in total. The molecule has 0 saturated heterocycles. The van der Waals surface area contributed by atoms with Crippen molar-refractivity contribution in [2.75, 3.05) is 6.54 Å². The molecule has 122 valence electrons. The number of nitrogens with one attached hydrogen (secondary N) is 1. The fraction of sp³-hybridized carbons (Fsp3) is 0.286. The first-order valence-electron chi connectivity index (χ1n) is 6.87. The van der Waals surface area contributed by atoms with Crippen LogP contribution in [0.15, 0.2) is 42.9 Å². The Balaban J connectivity index is 1.77. The van der Waals surface area contributed by atoms with E-state index in [-0.39, 0.29) is 17.0 Å². The molecule has 3 rings (SSSR count). The molecule has 9 heteroatoms. The third kappa shape index (κ3) is 3.06. The molecule has 0 aliphatic rings. The van der Waals surface area contributed by atoms with Crippen LogP contribution in [-0.4, -0.2) is 24.5 Å². The Bertz CT molecular complexity index is 1010. The number of oxazole rings is 2. The zero-order chi connectivity index (χ0) is 16.6. The summed E-state index contributed by atoms with van der Waals surface area (Å²) in [5, 5.41) is 0. The molecule has 0 atom stereocenters. The van der Waals surface area contributed by atoms with Crippen molar-refractivity contribution in [3.8, 4) is 0 Å². The minimum Gasteiger partial charge on any atom is -0.446 e. The highest BCUT2D eigenvalue weighted by molar-refractivity contribution is 7.89. The molecular formula is C14H15N3O5S. The van der Waals surface area contributed by atoms with Gasteiger partial charge in [0.25, 0.3) is 0 Å². The standard InChI is InChI=1S/C14H15N3O5S/c1-9-8-15-13(21-9)5-6-16-23(19,20)10-3-4-11-12(7-10)22-14(18)17(11)2/h3-4,7-8,16H,5-6H2,1-2H3. The monoisotopic (exact) mass is 337 g/mol. The molecule has 0 aliphatic heterocycles. The Morgan fingerprint density at radius 1 is 1.30 bits per heavy atom. The molecule has 1 N–H and O–H groups in total. The number of aromatic nitrogens is 2. The molecule has 0 bridgehead atoms. The second-order valence-corrected chi connectivity index (χ2v) is 6.84. The molecule has 0 spiro atoms. The van der Waals surface area contributed by atoms with Crippen molar-refractivity contribution in [2.24, 2.45) is 7.05 Å². The van der Waals surface area contributed by atoms with Gasteiger partial charge in [-0.1, -0.05) is 0 Å². The first-order valence-corrected chi connectivity index (χ1v) is 8.36. The van der Waals surface area contributed by atoms with E-state index in [1.807, 2.05) is 0 Å². The van der Waals surface area contributed by atoms with Gasteiger partial charge in [0.15, 0.2) is 11.5 Å². The van der Waals surface area contributed by atoms with E-state index in [1.54, 1.807) is 20.2 Å². The molecule has 0 aliphatic carbocycles. The van der Waals surface area contributed by atoms with Crippen molar-refractivity contribution < 1.29 is 17.3 Å². The predicted molar refractivity (Wildman–Crippen MR) is 81.6 cm³/mol. The van der Waals surface area contributed by atoms with Crippen LogP contribution in [0.25, 0.3) is 11.1 Å². The van der Waals surface area contributed by atoms with E-state index in [2.05, 4.69) is 9.71 Å². The van der Waals surface area contributed by atoms with Gasteiger partial charge in [-0.05, 0) is 19.1 Å². The van der Waals surface area contributed by atoms with Gasteiger partial charge in [-0.3, -0.25) is 4.57 Å². The quantitative estimate of drug-likeness (QED) is 0.743. The van der Waals surface area contributed by atoms with Crippen molar-refractivity contribution in [3.05, 3.63) is 46.6 Å². The lowest BCUT2D eigenvalue weighted by Crippen LogP contribution is -2.26. The molecule has 2 aromatic heterocycles. The fourth-order valence-corrected chi connectivity index (χ4v) is 3.22. The fourth-order valence-electron chi connectivity index (χ4n) is 2.17. The Kier molecular flexibility index (Phi) is 3.82. The molecule has 0 amide bonds. The average Bonchev–Trinajstić information content (AvgIpc) is 3.03. The van der Waals surface area contributed by atoms with E-state index in [0.717, 1.165) is 0 Å². The smallest absolute Gasteiger partial charge is 0.419 e. The maximum atomic E-state index is 12.3.